The number of benzene rings is 4. The number of anilines is 3. The van der Waals surface area contributed by atoms with E-state index in [1.807, 2.05) is 30.3 Å². The number of halogens is 1. The molecule has 2 unspecified atom stereocenters. The number of aromatic nitrogens is 1. The minimum absolute atomic E-state index is 0.0224. The van der Waals surface area contributed by atoms with Crippen LogP contribution in [0.3, 0.4) is 0 Å². The van der Waals surface area contributed by atoms with Crippen LogP contribution < -0.4 is 20.3 Å². The number of pyridine rings is 1. The molecule has 3 N–H and O–H groups in total. The third kappa shape index (κ3) is 15.7. The molecule has 0 aliphatic heterocycles. The summed E-state index contributed by atoms with van der Waals surface area (Å²) in [6.45, 7) is 18.3. The van der Waals surface area contributed by atoms with Crippen molar-refractivity contribution in [2.24, 2.45) is 0 Å². The van der Waals surface area contributed by atoms with Gasteiger partial charge in [0.2, 0.25) is 5.91 Å². The Balaban J connectivity index is 1.29. The maximum absolute atomic E-state index is 15.7. The van der Waals surface area contributed by atoms with Gasteiger partial charge in [0.1, 0.15) is 29.4 Å². The van der Waals surface area contributed by atoms with Gasteiger partial charge in [0.05, 0.1) is 29.5 Å². The molecular formula is C55H68FN5O12SSi. The van der Waals surface area contributed by atoms with Crippen molar-refractivity contribution in [3.63, 3.8) is 0 Å². The maximum atomic E-state index is 15.7. The number of fused-ring (bicyclic) bond motifs is 1. The zero-order valence-corrected chi connectivity index (χ0v) is 46.2. The smallest absolute Gasteiger partial charge is 0.425 e. The van der Waals surface area contributed by atoms with E-state index in [-0.39, 0.29) is 58.9 Å². The molecule has 1 saturated carbocycles. The van der Waals surface area contributed by atoms with Crippen LogP contribution in [-0.2, 0) is 46.8 Å². The predicted octanol–water partition coefficient (Wildman–Crippen LogP) is 11.8. The van der Waals surface area contributed by atoms with Gasteiger partial charge in [-0.1, -0.05) is 63.0 Å². The summed E-state index contributed by atoms with van der Waals surface area (Å²) < 4.78 is 65.7. The fourth-order valence-electron chi connectivity index (χ4n) is 7.87. The van der Waals surface area contributed by atoms with Gasteiger partial charge in [0.25, 0.3) is 0 Å². The maximum Gasteiger partial charge on any atom is 0.425 e. The summed E-state index contributed by atoms with van der Waals surface area (Å²) in [5.74, 6) is -3.05. The number of hydrogen-bond acceptors (Lipinski definition) is 13. The largest absolute Gasteiger partial charge is 0.489 e. The zero-order valence-electron chi connectivity index (χ0n) is 44.4. The molecule has 0 spiro atoms. The van der Waals surface area contributed by atoms with Crippen molar-refractivity contribution in [3.05, 3.63) is 119 Å². The van der Waals surface area contributed by atoms with E-state index in [0.29, 0.717) is 40.3 Å². The molecule has 1 aliphatic rings. The molecule has 4 aromatic carbocycles. The molecule has 75 heavy (non-hydrogen) atoms. The standard InChI is InChI=1S/C55H68FN5O12SSi/c1-34(27-47(62)58-38-19-24-46(74(68,69)40-20-21-40)37(28-38)32-60(8)51(65)70-25-26-75(9,10)11)42-29-36(17-23-45(42)71-33-35-15-13-12-14-16-35)48(50(63)64)59-39-18-22-41-43(30-39)44(56)31-57-49(41)61(52(66)72-54(2,3)4)53(67)73-55(5,6)7/h12-19,22-24,28-31,34,40,48,59H,20-21,25-27,32-33H2,1-11H3,(H,58,62)(H,63,64). The van der Waals surface area contributed by atoms with Gasteiger partial charge in [-0.05, 0) is 137 Å². The number of sulfone groups is 1. The molecule has 5 aromatic rings. The Labute approximate surface area is 439 Å². The summed E-state index contributed by atoms with van der Waals surface area (Å²) in [6, 6.07) is 22.2. The predicted molar refractivity (Wildman–Crippen MR) is 287 cm³/mol. The number of carboxylic acids is 1. The molecule has 402 valence electrons. The summed E-state index contributed by atoms with van der Waals surface area (Å²) in [6.07, 6.45) is -1.04. The summed E-state index contributed by atoms with van der Waals surface area (Å²) >= 11 is 0. The first kappa shape index (κ1) is 57.2. The minimum Gasteiger partial charge on any atom is -0.489 e. The van der Waals surface area contributed by atoms with Crippen molar-refractivity contribution in [2.45, 2.75) is 140 Å². The van der Waals surface area contributed by atoms with Gasteiger partial charge in [0, 0.05) is 43.7 Å². The highest BCUT2D eigenvalue weighted by atomic mass is 32.2. The van der Waals surface area contributed by atoms with E-state index in [0.717, 1.165) is 17.8 Å². The number of ether oxygens (including phenoxy) is 4. The van der Waals surface area contributed by atoms with Crippen molar-refractivity contribution in [1.29, 1.82) is 0 Å². The number of carbonyl (C=O) groups is 5. The Hall–Kier alpha value is -7.06. The number of nitrogens with one attached hydrogen (secondary N) is 2. The zero-order chi connectivity index (χ0) is 55.2. The topological polar surface area (TPSA) is 220 Å². The molecule has 1 aliphatic carbocycles. The molecule has 1 aromatic heterocycles. The summed E-state index contributed by atoms with van der Waals surface area (Å²) in [5, 5.41) is 16.0. The lowest BCUT2D eigenvalue weighted by Crippen LogP contribution is -2.44. The lowest BCUT2D eigenvalue weighted by Gasteiger charge is -2.28. The molecule has 6 rings (SSSR count). The Kier molecular flexibility index (Phi) is 17.7. The van der Waals surface area contributed by atoms with E-state index >= 15 is 4.39 Å². The van der Waals surface area contributed by atoms with Gasteiger partial charge in [-0.3, -0.25) is 4.79 Å². The van der Waals surface area contributed by atoms with Crippen molar-refractivity contribution in [1.82, 2.24) is 9.88 Å². The number of carboxylic acid groups (broad SMARTS) is 1. The number of amides is 4. The van der Waals surface area contributed by atoms with Crippen LogP contribution >= 0.6 is 0 Å². The quantitative estimate of drug-likeness (QED) is 0.0517. The Morgan fingerprint density at radius 2 is 1.48 bits per heavy atom. The van der Waals surface area contributed by atoms with Crippen molar-refractivity contribution < 1.29 is 60.8 Å². The van der Waals surface area contributed by atoms with E-state index in [4.69, 9.17) is 18.9 Å². The second-order valence-corrected chi connectivity index (χ2v) is 29.8. The number of imide groups is 1. The molecular weight excluding hydrogens is 1000 g/mol. The second kappa shape index (κ2) is 23.2. The van der Waals surface area contributed by atoms with Crippen LogP contribution in [0.4, 0.5) is 36.0 Å². The number of nitrogens with zero attached hydrogens (tertiary/aromatic N) is 3. The van der Waals surface area contributed by atoms with Crippen LogP contribution in [0.25, 0.3) is 10.8 Å². The summed E-state index contributed by atoms with van der Waals surface area (Å²) in [7, 11) is -3.66. The number of carbonyl (C=O) groups excluding carboxylic acids is 4. The van der Waals surface area contributed by atoms with Gasteiger partial charge in [0.15, 0.2) is 21.7 Å². The SMILES string of the molecule is CC(CC(=O)Nc1ccc(S(=O)(=O)C2CC2)c(CN(C)C(=O)OCC[Si](C)(C)C)c1)c1cc(C(Nc2ccc3c(N(C(=O)OC(C)(C)C)C(=O)OC(C)(C)C)ncc(F)c3c2)C(=O)O)ccc1OCc1ccccc1. The van der Waals surface area contributed by atoms with E-state index in [1.165, 1.54) is 42.3 Å². The second-order valence-electron chi connectivity index (χ2n) is 22.0. The van der Waals surface area contributed by atoms with E-state index in [9.17, 15) is 37.5 Å². The van der Waals surface area contributed by atoms with Crippen molar-refractivity contribution in [3.8, 4) is 5.75 Å². The van der Waals surface area contributed by atoms with Crippen LogP contribution in [0.15, 0.2) is 96.0 Å². The van der Waals surface area contributed by atoms with Gasteiger partial charge < -0.3 is 39.6 Å². The average molecular weight is 1070 g/mol. The summed E-state index contributed by atoms with van der Waals surface area (Å²) in [4.78, 5) is 73.2. The highest BCUT2D eigenvalue weighted by molar-refractivity contribution is 7.92. The molecule has 0 bridgehead atoms. The van der Waals surface area contributed by atoms with Crippen LogP contribution in [0, 0.1) is 5.82 Å². The van der Waals surface area contributed by atoms with Gasteiger partial charge in [-0.15, -0.1) is 0 Å². The van der Waals surface area contributed by atoms with Crippen LogP contribution in [-0.4, -0.2) is 91.7 Å². The van der Waals surface area contributed by atoms with Crippen molar-refractivity contribution >= 4 is 76.0 Å². The first-order chi connectivity index (χ1) is 35.0. The highest BCUT2D eigenvalue weighted by Gasteiger charge is 2.39. The fraction of sp³-hybridized carbons (Fsp3) is 0.418. The third-order valence-corrected chi connectivity index (χ3v) is 15.8. The Morgan fingerprint density at radius 3 is 2.08 bits per heavy atom. The van der Waals surface area contributed by atoms with Crippen molar-refractivity contribution in [2.75, 3.05) is 29.2 Å². The van der Waals surface area contributed by atoms with Crippen LogP contribution in [0.5, 0.6) is 5.75 Å². The first-order valence-electron chi connectivity index (χ1n) is 24.7. The molecule has 0 saturated heterocycles. The molecule has 2 atom stereocenters. The molecule has 1 fully saturated rings. The lowest BCUT2D eigenvalue weighted by atomic mass is 9.92. The lowest BCUT2D eigenvalue weighted by molar-refractivity contribution is -0.138. The number of rotatable bonds is 19. The van der Waals surface area contributed by atoms with Gasteiger partial charge in [-0.25, -0.2) is 37.0 Å². The number of aliphatic carboxylic acids is 1. The fourth-order valence-corrected chi connectivity index (χ4v) is 10.4. The normalized spacial score (nSPS) is 13.8. The molecule has 1 heterocycles. The van der Waals surface area contributed by atoms with Gasteiger partial charge in [-0.2, -0.15) is 4.90 Å². The first-order valence-corrected chi connectivity index (χ1v) is 29.9. The highest BCUT2D eigenvalue weighted by Crippen LogP contribution is 2.38. The molecule has 20 heteroatoms. The van der Waals surface area contributed by atoms with Crippen LogP contribution in [0.2, 0.25) is 25.7 Å². The third-order valence-electron chi connectivity index (χ3n) is 11.8. The van der Waals surface area contributed by atoms with Crippen LogP contribution in [0.1, 0.15) is 102 Å². The Morgan fingerprint density at radius 1 is 0.840 bits per heavy atom. The minimum atomic E-state index is -3.70. The van der Waals surface area contributed by atoms with E-state index in [1.54, 1.807) is 72.7 Å². The Bertz CT molecular complexity index is 3020. The summed E-state index contributed by atoms with van der Waals surface area (Å²) in [5.41, 5.74) is 0.342. The molecule has 17 nitrogen and oxygen atoms in total. The monoisotopic (exact) mass is 1070 g/mol. The van der Waals surface area contributed by atoms with E-state index in [2.05, 4.69) is 35.3 Å². The molecule has 0 radical (unpaired) electrons. The average Bonchev–Trinajstić information content (AvgIpc) is 4.17. The number of hydrogen-bond donors (Lipinski definition) is 3. The van der Waals surface area contributed by atoms with Gasteiger partial charge >= 0.3 is 24.2 Å². The molecule has 4 amide bonds. The van der Waals surface area contributed by atoms with E-state index < -0.39 is 82.3 Å².